The quantitative estimate of drug-likeness (QED) is 0.329. The van der Waals surface area contributed by atoms with E-state index in [9.17, 15) is 0 Å². The zero-order valence-corrected chi connectivity index (χ0v) is 20.3. The SMILES string of the molecule is CCNC(=NCc1nc(C(C)C)cs1)NCCN1CCc2sccc2C1.I. The van der Waals surface area contributed by atoms with Crippen LogP contribution in [0.2, 0.25) is 0 Å². The van der Waals surface area contributed by atoms with Crippen molar-refractivity contribution < 1.29 is 0 Å². The van der Waals surface area contributed by atoms with Crippen molar-refractivity contribution >= 4 is 52.6 Å². The van der Waals surface area contributed by atoms with Crippen LogP contribution in [-0.2, 0) is 19.5 Å². The number of aliphatic imine (C=N–C) groups is 1. The van der Waals surface area contributed by atoms with Gasteiger partial charge in [0.1, 0.15) is 5.01 Å². The fraction of sp³-hybridized carbons (Fsp3) is 0.579. The predicted molar refractivity (Wildman–Crippen MR) is 128 cm³/mol. The molecule has 2 N–H and O–H groups in total. The number of hydrogen-bond acceptors (Lipinski definition) is 5. The molecule has 0 aliphatic carbocycles. The minimum atomic E-state index is 0. The number of thiophene rings is 1. The molecule has 0 spiro atoms. The summed E-state index contributed by atoms with van der Waals surface area (Å²) in [7, 11) is 0. The number of rotatable bonds is 7. The molecule has 3 heterocycles. The van der Waals surface area contributed by atoms with E-state index in [2.05, 4.69) is 58.1 Å². The van der Waals surface area contributed by atoms with Gasteiger partial charge >= 0.3 is 0 Å². The standard InChI is InChI=1S/C19H29N5S2.HI/c1-4-20-19(22-11-18-23-16(13-26-18)14(2)3)21-7-9-24-8-5-17-15(12-24)6-10-25-17;/h6,10,13-14H,4-5,7-9,11-12H2,1-3H3,(H2,20,21,22);1H. The maximum atomic E-state index is 4.69. The number of halogens is 1. The van der Waals surface area contributed by atoms with Crippen LogP contribution in [0.15, 0.2) is 21.8 Å². The molecule has 3 rings (SSSR count). The van der Waals surface area contributed by atoms with Gasteiger partial charge in [-0.1, -0.05) is 13.8 Å². The molecule has 0 aromatic carbocycles. The monoisotopic (exact) mass is 519 g/mol. The highest BCUT2D eigenvalue weighted by Gasteiger charge is 2.16. The first kappa shape index (κ1) is 22.6. The Labute approximate surface area is 187 Å². The summed E-state index contributed by atoms with van der Waals surface area (Å²) >= 11 is 3.59. The van der Waals surface area contributed by atoms with Crippen LogP contribution in [0.1, 0.15) is 47.8 Å². The second kappa shape index (κ2) is 11.3. The van der Waals surface area contributed by atoms with E-state index in [4.69, 9.17) is 4.99 Å². The van der Waals surface area contributed by atoms with Gasteiger partial charge in [0.15, 0.2) is 5.96 Å². The first-order valence-corrected chi connectivity index (χ1v) is 11.2. The van der Waals surface area contributed by atoms with Crippen molar-refractivity contribution in [3.8, 4) is 0 Å². The highest BCUT2D eigenvalue weighted by atomic mass is 127. The van der Waals surface area contributed by atoms with Gasteiger partial charge in [-0.15, -0.1) is 46.7 Å². The van der Waals surface area contributed by atoms with E-state index >= 15 is 0 Å². The molecule has 0 radical (unpaired) electrons. The molecule has 0 atom stereocenters. The van der Waals surface area contributed by atoms with Gasteiger partial charge in [-0.05, 0) is 36.3 Å². The van der Waals surface area contributed by atoms with Crippen LogP contribution in [0.25, 0.3) is 0 Å². The summed E-state index contributed by atoms with van der Waals surface area (Å²) in [6.07, 6.45) is 1.18. The summed E-state index contributed by atoms with van der Waals surface area (Å²) in [5, 5.41) is 12.2. The Kier molecular flexibility index (Phi) is 9.47. The number of hydrogen-bond donors (Lipinski definition) is 2. The van der Waals surface area contributed by atoms with E-state index in [-0.39, 0.29) is 24.0 Å². The molecule has 27 heavy (non-hydrogen) atoms. The summed E-state index contributed by atoms with van der Waals surface area (Å²) in [5.74, 6) is 1.35. The minimum absolute atomic E-state index is 0. The Balaban J connectivity index is 0.00000261. The van der Waals surface area contributed by atoms with Crippen molar-refractivity contribution in [1.82, 2.24) is 20.5 Å². The Hall–Kier alpha value is -0.710. The van der Waals surface area contributed by atoms with Crippen molar-refractivity contribution in [3.05, 3.63) is 38.0 Å². The molecule has 0 saturated heterocycles. The number of thiazole rings is 1. The van der Waals surface area contributed by atoms with Crippen LogP contribution >= 0.6 is 46.7 Å². The van der Waals surface area contributed by atoms with Crippen molar-refractivity contribution in [1.29, 1.82) is 0 Å². The zero-order chi connectivity index (χ0) is 18.4. The minimum Gasteiger partial charge on any atom is -0.357 e. The smallest absolute Gasteiger partial charge is 0.191 e. The maximum absolute atomic E-state index is 4.69. The summed E-state index contributed by atoms with van der Waals surface area (Å²) in [5.41, 5.74) is 2.67. The molecule has 0 saturated carbocycles. The molecule has 5 nitrogen and oxygen atoms in total. The predicted octanol–water partition coefficient (Wildman–Crippen LogP) is 4.06. The largest absolute Gasteiger partial charge is 0.357 e. The summed E-state index contributed by atoms with van der Waals surface area (Å²) < 4.78 is 0. The maximum Gasteiger partial charge on any atom is 0.191 e. The van der Waals surface area contributed by atoms with Crippen molar-refractivity contribution in [2.75, 3.05) is 26.2 Å². The van der Waals surface area contributed by atoms with Crippen molar-refractivity contribution in [3.63, 3.8) is 0 Å². The lowest BCUT2D eigenvalue weighted by molar-refractivity contribution is 0.260. The van der Waals surface area contributed by atoms with E-state index < -0.39 is 0 Å². The first-order valence-electron chi connectivity index (χ1n) is 9.39. The molecule has 2 aromatic heterocycles. The molecule has 2 aromatic rings. The van der Waals surface area contributed by atoms with Crippen LogP contribution < -0.4 is 10.6 Å². The van der Waals surface area contributed by atoms with Crippen molar-refractivity contribution in [2.45, 2.75) is 46.2 Å². The number of nitrogens with zero attached hydrogens (tertiary/aromatic N) is 3. The van der Waals surface area contributed by atoms with Crippen LogP contribution in [-0.4, -0.2) is 42.0 Å². The average molecular weight is 520 g/mol. The second-order valence-corrected chi connectivity index (χ2v) is 8.78. The van der Waals surface area contributed by atoms with Crippen LogP contribution in [0.4, 0.5) is 0 Å². The molecule has 8 heteroatoms. The first-order chi connectivity index (χ1) is 12.7. The van der Waals surface area contributed by atoms with Gasteiger partial charge in [0.2, 0.25) is 0 Å². The number of fused-ring (bicyclic) bond motifs is 1. The lowest BCUT2D eigenvalue weighted by Crippen LogP contribution is -2.42. The molecule has 0 unspecified atom stereocenters. The lowest BCUT2D eigenvalue weighted by Gasteiger charge is -2.27. The molecule has 0 bridgehead atoms. The number of guanidine groups is 1. The fourth-order valence-corrected chi connectivity index (χ4v) is 4.75. The summed E-state index contributed by atoms with van der Waals surface area (Å²) in [6.45, 7) is 12.1. The van der Waals surface area contributed by atoms with Gasteiger partial charge < -0.3 is 10.6 Å². The average Bonchev–Trinajstić information content (AvgIpc) is 3.28. The van der Waals surface area contributed by atoms with E-state index in [0.717, 1.165) is 49.4 Å². The number of nitrogens with one attached hydrogen (secondary N) is 2. The van der Waals surface area contributed by atoms with E-state index in [1.165, 1.54) is 12.0 Å². The topological polar surface area (TPSA) is 52.6 Å². The van der Waals surface area contributed by atoms with Crippen molar-refractivity contribution in [2.24, 2.45) is 4.99 Å². The Morgan fingerprint density at radius 3 is 2.93 bits per heavy atom. The molecular weight excluding hydrogens is 489 g/mol. The van der Waals surface area contributed by atoms with Crippen LogP contribution in [0.3, 0.4) is 0 Å². The van der Waals surface area contributed by atoms with E-state index in [1.807, 2.05) is 11.3 Å². The van der Waals surface area contributed by atoms with Gasteiger partial charge in [0, 0.05) is 43.0 Å². The highest BCUT2D eigenvalue weighted by molar-refractivity contribution is 14.0. The molecule has 0 amide bonds. The van der Waals surface area contributed by atoms with Gasteiger partial charge in [-0.2, -0.15) is 0 Å². The second-order valence-electron chi connectivity index (χ2n) is 6.84. The third-order valence-corrected chi connectivity index (χ3v) is 6.36. The molecular formula is C19H30IN5S2. The van der Waals surface area contributed by atoms with Crippen LogP contribution in [0.5, 0.6) is 0 Å². The molecule has 1 aliphatic rings. The Morgan fingerprint density at radius 1 is 1.33 bits per heavy atom. The van der Waals surface area contributed by atoms with E-state index in [0.29, 0.717) is 12.5 Å². The highest BCUT2D eigenvalue weighted by Crippen LogP contribution is 2.23. The molecule has 150 valence electrons. The third-order valence-electron chi connectivity index (χ3n) is 4.48. The normalized spacial score (nSPS) is 14.7. The Bertz CT molecular complexity index is 725. The van der Waals surface area contributed by atoms with E-state index in [1.54, 1.807) is 16.2 Å². The number of aromatic nitrogens is 1. The summed E-state index contributed by atoms with van der Waals surface area (Å²) in [4.78, 5) is 13.4. The Morgan fingerprint density at radius 2 is 2.19 bits per heavy atom. The lowest BCUT2D eigenvalue weighted by atomic mass is 10.1. The molecule has 0 fully saturated rings. The van der Waals surface area contributed by atoms with Gasteiger partial charge in [0.05, 0.1) is 12.2 Å². The molecule has 1 aliphatic heterocycles. The van der Waals surface area contributed by atoms with Gasteiger partial charge in [-0.3, -0.25) is 4.90 Å². The summed E-state index contributed by atoms with van der Waals surface area (Å²) in [6, 6.07) is 2.27. The van der Waals surface area contributed by atoms with Gasteiger partial charge in [-0.25, -0.2) is 9.98 Å². The van der Waals surface area contributed by atoms with Crippen LogP contribution in [0, 0.1) is 0 Å². The van der Waals surface area contributed by atoms with Gasteiger partial charge in [0.25, 0.3) is 0 Å². The fourth-order valence-electron chi connectivity index (χ4n) is 2.98. The zero-order valence-electron chi connectivity index (χ0n) is 16.3. The third kappa shape index (κ3) is 6.69.